The SMILES string of the molecule is COc1ccc(C(=O)C(C)Oc2cc(F)ccc2Br)cc1. The Hall–Kier alpha value is -1.88. The van der Waals surface area contributed by atoms with Crippen LogP contribution in [0.5, 0.6) is 11.5 Å². The third-order valence-electron chi connectivity index (χ3n) is 2.94. The normalized spacial score (nSPS) is 11.8. The molecule has 2 rings (SSSR count). The summed E-state index contributed by atoms with van der Waals surface area (Å²) >= 11 is 3.26. The fourth-order valence-electron chi connectivity index (χ4n) is 1.80. The van der Waals surface area contributed by atoms with Crippen LogP contribution in [0, 0.1) is 5.82 Å². The molecule has 5 heteroatoms. The highest BCUT2D eigenvalue weighted by molar-refractivity contribution is 9.10. The maximum atomic E-state index is 13.2. The minimum Gasteiger partial charge on any atom is -0.497 e. The summed E-state index contributed by atoms with van der Waals surface area (Å²) in [6, 6.07) is 10.8. The molecule has 0 aliphatic carbocycles. The van der Waals surface area contributed by atoms with E-state index in [0.717, 1.165) is 0 Å². The molecule has 0 radical (unpaired) electrons. The second-order valence-electron chi connectivity index (χ2n) is 4.43. The smallest absolute Gasteiger partial charge is 0.202 e. The number of carbonyl (C=O) groups is 1. The lowest BCUT2D eigenvalue weighted by atomic mass is 10.1. The largest absolute Gasteiger partial charge is 0.497 e. The summed E-state index contributed by atoms with van der Waals surface area (Å²) in [5.74, 6) is 0.364. The Labute approximate surface area is 130 Å². The molecule has 110 valence electrons. The molecule has 0 spiro atoms. The Morgan fingerprint density at radius 3 is 2.48 bits per heavy atom. The van der Waals surface area contributed by atoms with E-state index in [1.165, 1.54) is 18.2 Å². The van der Waals surface area contributed by atoms with E-state index in [9.17, 15) is 9.18 Å². The first-order valence-corrected chi connectivity index (χ1v) is 7.10. The number of hydrogen-bond acceptors (Lipinski definition) is 3. The molecule has 21 heavy (non-hydrogen) atoms. The van der Waals surface area contributed by atoms with Gasteiger partial charge in [0.15, 0.2) is 6.10 Å². The third-order valence-corrected chi connectivity index (χ3v) is 3.60. The van der Waals surface area contributed by atoms with Crippen LogP contribution in [0.2, 0.25) is 0 Å². The predicted octanol–water partition coefficient (Wildman–Crippen LogP) is 4.25. The van der Waals surface area contributed by atoms with Crippen LogP contribution >= 0.6 is 15.9 Å². The van der Waals surface area contributed by atoms with Crippen LogP contribution < -0.4 is 9.47 Å². The Kier molecular flexibility index (Phi) is 4.96. The van der Waals surface area contributed by atoms with E-state index in [2.05, 4.69) is 15.9 Å². The van der Waals surface area contributed by atoms with Crippen molar-refractivity contribution in [1.29, 1.82) is 0 Å². The zero-order chi connectivity index (χ0) is 15.4. The van der Waals surface area contributed by atoms with Crippen molar-refractivity contribution in [2.75, 3.05) is 7.11 Å². The fourth-order valence-corrected chi connectivity index (χ4v) is 2.14. The summed E-state index contributed by atoms with van der Waals surface area (Å²) < 4.78 is 24.4. The zero-order valence-corrected chi connectivity index (χ0v) is 13.2. The van der Waals surface area contributed by atoms with Crippen molar-refractivity contribution in [2.45, 2.75) is 13.0 Å². The second kappa shape index (κ2) is 6.72. The van der Waals surface area contributed by atoms with Crippen LogP contribution in [-0.2, 0) is 0 Å². The molecule has 0 amide bonds. The van der Waals surface area contributed by atoms with Crippen LogP contribution in [0.15, 0.2) is 46.9 Å². The van der Waals surface area contributed by atoms with E-state index in [4.69, 9.17) is 9.47 Å². The third kappa shape index (κ3) is 3.82. The van der Waals surface area contributed by atoms with Gasteiger partial charge in [-0.25, -0.2) is 4.39 Å². The lowest BCUT2D eigenvalue weighted by molar-refractivity contribution is 0.0816. The summed E-state index contributed by atoms with van der Waals surface area (Å²) in [4.78, 5) is 12.3. The molecule has 2 aromatic rings. The molecule has 0 N–H and O–H groups in total. The van der Waals surface area contributed by atoms with Gasteiger partial charge in [0.25, 0.3) is 0 Å². The summed E-state index contributed by atoms with van der Waals surface area (Å²) in [5, 5.41) is 0. The van der Waals surface area contributed by atoms with Crippen molar-refractivity contribution in [3.8, 4) is 11.5 Å². The minimum atomic E-state index is -0.725. The maximum Gasteiger partial charge on any atom is 0.202 e. The predicted molar refractivity (Wildman–Crippen MR) is 81.5 cm³/mol. The molecule has 1 atom stereocenters. The zero-order valence-electron chi connectivity index (χ0n) is 11.6. The van der Waals surface area contributed by atoms with Gasteiger partial charge in [-0.15, -0.1) is 0 Å². The number of hydrogen-bond donors (Lipinski definition) is 0. The molecule has 0 heterocycles. The van der Waals surface area contributed by atoms with Gasteiger partial charge in [0, 0.05) is 11.6 Å². The second-order valence-corrected chi connectivity index (χ2v) is 5.28. The molecule has 0 aromatic heterocycles. The van der Waals surface area contributed by atoms with E-state index in [1.807, 2.05) is 0 Å². The number of ether oxygens (including phenoxy) is 2. The highest BCUT2D eigenvalue weighted by Crippen LogP contribution is 2.27. The molecule has 0 fully saturated rings. The van der Waals surface area contributed by atoms with Gasteiger partial charge < -0.3 is 9.47 Å². The van der Waals surface area contributed by atoms with E-state index in [1.54, 1.807) is 38.3 Å². The Bertz CT molecular complexity index is 640. The van der Waals surface area contributed by atoms with Crippen LogP contribution in [0.3, 0.4) is 0 Å². The molecule has 0 saturated heterocycles. The van der Waals surface area contributed by atoms with E-state index in [-0.39, 0.29) is 5.78 Å². The molecule has 3 nitrogen and oxygen atoms in total. The van der Waals surface area contributed by atoms with Crippen molar-refractivity contribution >= 4 is 21.7 Å². The quantitative estimate of drug-likeness (QED) is 0.754. The Morgan fingerprint density at radius 1 is 1.19 bits per heavy atom. The molecule has 2 aromatic carbocycles. The first-order chi connectivity index (χ1) is 10.0. The Morgan fingerprint density at radius 2 is 1.86 bits per heavy atom. The van der Waals surface area contributed by atoms with Crippen molar-refractivity contribution in [1.82, 2.24) is 0 Å². The van der Waals surface area contributed by atoms with E-state index in [0.29, 0.717) is 21.5 Å². The van der Waals surface area contributed by atoms with Gasteiger partial charge in [0.2, 0.25) is 5.78 Å². The first kappa shape index (κ1) is 15.5. The maximum absolute atomic E-state index is 13.2. The van der Waals surface area contributed by atoms with Crippen molar-refractivity contribution in [3.63, 3.8) is 0 Å². The molecule has 0 aliphatic heterocycles. The monoisotopic (exact) mass is 352 g/mol. The van der Waals surface area contributed by atoms with Crippen molar-refractivity contribution < 1.29 is 18.7 Å². The van der Waals surface area contributed by atoms with Gasteiger partial charge in [0.1, 0.15) is 17.3 Å². The van der Waals surface area contributed by atoms with Crippen LogP contribution in [-0.4, -0.2) is 19.0 Å². The topological polar surface area (TPSA) is 35.5 Å². The number of carbonyl (C=O) groups excluding carboxylic acids is 1. The highest BCUT2D eigenvalue weighted by atomic mass is 79.9. The van der Waals surface area contributed by atoms with Gasteiger partial charge in [0.05, 0.1) is 11.6 Å². The van der Waals surface area contributed by atoms with Gasteiger partial charge in [-0.3, -0.25) is 4.79 Å². The minimum absolute atomic E-state index is 0.186. The average Bonchev–Trinajstić information content (AvgIpc) is 2.50. The molecule has 0 saturated carbocycles. The van der Waals surface area contributed by atoms with E-state index < -0.39 is 11.9 Å². The molecular formula is C16H14BrFO3. The van der Waals surface area contributed by atoms with Crippen molar-refractivity contribution in [2.24, 2.45) is 0 Å². The lowest BCUT2D eigenvalue weighted by Crippen LogP contribution is -2.24. The summed E-state index contributed by atoms with van der Waals surface area (Å²) in [5.41, 5.74) is 0.510. The molecule has 0 bridgehead atoms. The first-order valence-electron chi connectivity index (χ1n) is 6.31. The molecule has 0 aliphatic rings. The summed E-state index contributed by atoms with van der Waals surface area (Å²) in [6.45, 7) is 1.63. The van der Waals surface area contributed by atoms with Gasteiger partial charge in [-0.05, 0) is 59.3 Å². The summed E-state index contributed by atoms with van der Waals surface area (Å²) in [6.07, 6.45) is -0.725. The number of rotatable bonds is 5. The van der Waals surface area contributed by atoms with Crippen LogP contribution in [0.4, 0.5) is 4.39 Å². The molecular weight excluding hydrogens is 339 g/mol. The lowest BCUT2D eigenvalue weighted by Gasteiger charge is -2.15. The van der Waals surface area contributed by atoms with Gasteiger partial charge >= 0.3 is 0 Å². The number of methoxy groups -OCH3 is 1. The van der Waals surface area contributed by atoms with E-state index >= 15 is 0 Å². The number of halogens is 2. The van der Waals surface area contributed by atoms with Crippen molar-refractivity contribution in [3.05, 3.63) is 58.3 Å². The number of Topliss-reactive ketones (excluding diaryl/α,β-unsaturated/α-hetero) is 1. The Balaban J connectivity index is 2.13. The highest BCUT2D eigenvalue weighted by Gasteiger charge is 2.18. The fraction of sp³-hybridized carbons (Fsp3) is 0.188. The summed E-state index contributed by atoms with van der Waals surface area (Å²) in [7, 11) is 1.56. The van der Waals surface area contributed by atoms with Crippen LogP contribution in [0.25, 0.3) is 0 Å². The van der Waals surface area contributed by atoms with Gasteiger partial charge in [-0.2, -0.15) is 0 Å². The molecule has 1 unspecified atom stereocenters. The standard InChI is InChI=1S/C16H14BrFO3/c1-10(21-15-9-12(18)5-8-14(15)17)16(19)11-3-6-13(20-2)7-4-11/h3-10H,1-2H3. The number of benzene rings is 2. The number of ketones is 1. The van der Waals surface area contributed by atoms with Gasteiger partial charge in [-0.1, -0.05) is 0 Å². The van der Waals surface area contributed by atoms with Crippen LogP contribution in [0.1, 0.15) is 17.3 Å². The average molecular weight is 353 g/mol.